The van der Waals surface area contributed by atoms with Crippen molar-refractivity contribution >= 4 is 27.8 Å². The Labute approximate surface area is 169 Å². The Balaban J connectivity index is 1.96. The van der Waals surface area contributed by atoms with Gasteiger partial charge in [0.2, 0.25) is 5.75 Å². The lowest BCUT2D eigenvalue weighted by Crippen LogP contribution is -2.30. The predicted octanol–water partition coefficient (Wildman–Crippen LogP) is 3.09. The molecule has 1 amide bonds. The molecule has 28 heavy (non-hydrogen) atoms. The first-order valence-electron chi connectivity index (χ1n) is 8.07. The molecule has 0 aliphatic rings. The third kappa shape index (κ3) is 5.35. The van der Waals surface area contributed by atoms with E-state index < -0.39 is 17.7 Å². The highest BCUT2D eigenvalue weighted by Crippen LogP contribution is 2.38. The van der Waals surface area contributed by atoms with Crippen LogP contribution in [0.1, 0.15) is 15.9 Å². The van der Waals surface area contributed by atoms with E-state index in [1.807, 2.05) is 0 Å². The van der Waals surface area contributed by atoms with E-state index in [0.717, 1.165) is 0 Å². The molecule has 0 aromatic heterocycles. The summed E-state index contributed by atoms with van der Waals surface area (Å²) in [6, 6.07) is 7.33. The first-order valence-corrected chi connectivity index (χ1v) is 8.86. The smallest absolute Gasteiger partial charge is 0.325 e. The molecule has 0 aliphatic heterocycles. The van der Waals surface area contributed by atoms with Crippen molar-refractivity contribution in [2.75, 3.05) is 27.9 Å². The molecule has 0 aliphatic carbocycles. The van der Waals surface area contributed by atoms with Crippen molar-refractivity contribution in [2.24, 2.45) is 0 Å². The molecule has 0 saturated carbocycles. The topological polar surface area (TPSA) is 83.1 Å². The van der Waals surface area contributed by atoms with Crippen molar-refractivity contribution in [2.45, 2.75) is 6.61 Å². The monoisotopic (exact) mass is 455 g/mol. The number of nitrogens with one attached hydrogen (secondary N) is 1. The second-order valence-corrected chi connectivity index (χ2v) is 6.41. The maximum atomic E-state index is 13.7. The lowest BCUT2D eigenvalue weighted by atomic mass is 10.1. The molecular formula is C19H19BrFNO6. The van der Waals surface area contributed by atoms with Crippen LogP contribution in [0.3, 0.4) is 0 Å². The highest BCUT2D eigenvalue weighted by molar-refractivity contribution is 9.10. The summed E-state index contributed by atoms with van der Waals surface area (Å²) in [5.41, 5.74) is 0.439. The highest BCUT2D eigenvalue weighted by atomic mass is 79.9. The first kappa shape index (κ1) is 21.5. The summed E-state index contributed by atoms with van der Waals surface area (Å²) < 4.78 is 34.8. The normalized spacial score (nSPS) is 10.2. The molecule has 0 bridgehead atoms. The molecule has 2 aromatic rings. The van der Waals surface area contributed by atoms with Gasteiger partial charge in [-0.2, -0.15) is 0 Å². The standard InChI is InChI=1S/C19H19BrFNO6/c1-25-15-6-12(7-16(26-2)18(15)27-3)19(24)22-9-17(23)28-10-11-4-5-13(20)8-14(11)21/h4-8H,9-10H2,1-3H3,(H,22,24). The molecule has 7 nitrogen and oxygen atoms in total. The zero-order valence-electron chi connectivity index (χ0n) is 15.5. The van der Waals surface area contributed by atoms with E-state index in [1.165, 1.54) is 45.6 Å². The van der Waals surface area contributed by atoms with Gasteiger partial charge in [-0.1, -0.05) is 22.0 Å². The number of amides is 1. The maximum Gasteiger partial charge on any atom is 0.325 e. The fourth-order valence-corrected chi connectivity index (χ4v) is 2.65. The van der Waals surface area contributed by atoms with E-state index in [0.29, 0.717) is 21.7 Å². The minimum atomic E-state index is -0.705. The van der Waals surface area contributed by atoms with Gasteiger partial charge in [-0.05, 0) is 24.3 Å². The van der Waals surface area contributed by atoms with E-state index in [1.54, 1.807) is 6.07 Å². The number of ether oxygens (including phenoxy) is 4. The van der Waals surface area contributed by atoms with Gasteiger partial charge in [-0.15, -0.1) is 0 Å². The summed E-state index contributed by atoms with van der Waals surface area (Å²) >= 11 is 3.15. The molecule has 9 heteroatoms. The minimum absolute atomic E-state index is 0.209. The van der Waals surface area contributed by atoms with E-state index in [2.05, 4.69) is 21.2 Å². The second kappa shape index (κ2) is 9.93. The van der Waals surface area contributed by atoms with Gasteiger partial charge in [0.15, 0.2) is 11.5 Å². The SMILES string of the molecule is COc1cc(C(=O)NCC(=O)OCc2ccc(Br)cc2F)cc(OC)c1OC. The lowest BCUT2D eigenvalue weighted by molar-refractivity contribution is -0.143. The van der Waals surface area contributed by atoms with Gasteiger partial charge in [0.05, 0.1) is 21.3 Å². The van der Waals surface area contributed by atoms with Gasteiger partial charge < -0.3 is 24.3 Å². The first-order chi connectivity index (χ1) is 13.4. The van der Waals surface area contributed by atoms with Crippen molar-refractivity contribution in [1.82, 2.24) is 5.32 Å². The maximum absolute atomic E-state index is 13.7. The number of esters is 1. The van der Waals surface area contributed by atoms with E-state index >= 15 is 0 Å². The molecule has 0 atom stereocenters. The van der Waals surface area contributed by atoms with Crippen molar-refractivity contribution in [3.05, 3.63) is 51.7 Å². The van der Waals surface area contributed by atoms with Gasteiger partial charge in [0, 0.05) is 15.6 Å². The number of halogens is 2. The largest absolute Gasteiger partial charge is 0.493 e. The third-order valence-electron chi connectivity index (χ3n) is 3.72. The highest BCUT2D eigenvalue weighted by Gasteiger charge is 2.17. The fraction of sp³-hybridized carbons (Fsp3) is 0.263. The van der Waals surface area contributed by atoms with Crippen LogP contribution < -0.4 is 19.5 Å². The average molecular weight is 456 g/mol. The molecule has 1 N–H and O–H groups in total. The zero-order valence-corrected chi connectivity index (χ0v) is 17.1. The second-order valence-electron chi connectivity index (χ2n) is 5.49. The third-order valence-corrected chi connectivity index (χ3v) is 4.22. The number of carbonyl (C=O) groups excluding carboxylic acids is 2. The Hall–Kier alpha value is -2.81. The number of methoxy groups -OCH3 is 3. The molecule has 0 radical (unpaired) electrons. The van der Waals surface area contributed by atoms with Crippen LogP contribution in [0.4, 0.5) is 4.39 Å². The number of carbonyl (C=O) groups is 2. The van der Waals surface area contributed by atoms with Crippen molar-refractivity contribution in [3.8, 4) is 17.2 Å². The fourth-order valence-electron chi connectivity index (χ4n) is 2.31. The summed E-state index contributed by atoms with van der Waals surface area (Å²) in [7, 11) is 4.31. The van der Waals surface area contributed by atoms with Gasteiger partial charge in [-0.3, -0.25) is 9.59 Å². The Morgan fingerprint density at radius 3 is 2.21 bits per heavy atom. The molecule has 0 saturated heterocycles. The van der Waals surface area contributed by atoms with E-state index in [4.69, 9.17) is 18.9 Å². The Bertz CT molecular complexity index is 848. The molecule has 0 unspecified atom stereocenters. The van der Waals surface area contributed by atoms with Crippen LogP contribution in [0.25, 0.3) is 0 Å². The van der Waals surface area contributed by atoms with Crippen molar-refractivity contribution < 1.29 is 32.9 Å². The summed E-state index contributed by atoms with van der Waals surface area (Å²) in [6.07, 6.45) is 0. The van der Waals surface area contributed by atoms with Crippen LogP contribution in [0.5, 0.6) is 17.2 Å². The summed E-state index contributed by atoms with van der Waals surface area (Å²) in [4.78, 5) is 24.2. The van der Waals surface area contributed by atoms with Crippen LogP contribution in [-0.2, 0) is 16.1 Å². The lowest BCUT2D eigenvalue weighted by Gasteiger charge is -2.14. The summed E-state index contributed by atoms with van der Waals surface area (Å²) in [6.45, 7) is -0.619. The van der Waals surface area contributed by atoms with Gasteiger partial charge in [-0.25, -0.2) is 4.39 Å². The number of hydrogen-bond donors (Lipinski definition) is 1. The van der Waals surface area contributed by atoms with Crippen LogP contribution in [-0.4, -0.2) is 39.8 Å². The van der Waals surface area contributed by atoms with Gasteiger partial charge in [0.25, 0.3) is 5.91 Å². The number of rotatable bonds is 8. The Morgan fingerprint density at radius 2 is 1.68 bits per heavy atom. The van der Waals surface area contributed by atoms with Crippen molar-refractivity contribution in [3.63, 3.8) is 0 Å². The quantitative estimate of drug-likeness (QED) is 0.615. The number of benzene rings is 2. The van der Waals surface area contributed by atoms with Crippen LogP contribution in [0.2, 0.25) is 0 Å². The summed E-state index contributed by atoms with van der Waals surface area (Å²) in [5, 5.41) is 2.43. The van der Waals surface area contributed by atoms with Gasteiger partial charge >= 0.3 is 5.97 Å². The Kier molecular flexibility index (Phi) is 7.62. The van der Waals surface area contributed by atoms with E-state index in [-0.39, 0.29) is 24.3 Å². The molecule has 0 fully saturated rings. The van der Waals surface area contributed by atoms with Crippen LogP contribution >= 0.6 is 15.9 Å². The van der Waals surface area contributed by atoms with Crippen molar-refractivity contribution in [1.29, 1.82) is 0 Å². The van der Waals surface area contributed by atoms with Gasteiger partial charge in [0.1, 0.15) is 19.0 Å². The molecule has 2 aromatic carbocycles. The predicted molar refractivity (Wildman–Crippen MR) is 102 cm³/mol. The molecule has 150 valence electrons. The molecule has 0 spiro atoms. The molecule has 2 rings (SSSR count). The Morgan fingerprint density at radius 1 is 1.04 bits per heavy atom. The minimum Gasteiger partial charge on any atom is -0.493 e. The van der Waals surface area contributed by atoms with Crippen LogP contribution in [0, 0.1) is 5.82 Å². The van der Waals surface area contributed by atoms with E-state index in [9.17, 15) is 14.0 Å². The average Bonchev–Trinajstić information content (AvgIpc) is 2.69. The number of hydrogen-bond acceptors (Lipinski definition) is 6. The molecule has 0 heterocycles. The summed E-state index contributed by atoms with van der Waals surface area (Å²) in [5.74, 6) is -0.782. The molecular weight excluding hydrogens is 437 g/mol. The van der Waals surface area contributed by atoms with Crippen LogP contribution in [0.15, 0.2) is 34.8 Å². The zero-order chi connectivity index (χ0) is 20.7.